The zero-order valence-electron chi connectivity index (χ0n) is 10.6. The quantitative estimate of drug-likeness (QED) is 0.534. The highest BCUT2D eigenvalue weighted by Crippen LogP contribution is 2.08. The van der Waals surface area contributed by atoms with Gasteiger partial charge in [-0.2, -0.15) is 0 Å². The Balaban J connectivity index is 1.98. The summed E-state index contributed by atoms with van der Waals surface area (Å²) in [6, 6.07) is 0. The molecule has 0 bridgehead atoms. The smallest absolute Gasteiger partial charge is 0.0190 e. The molecule has 0 fully saturated rings. The summed E-state index contributed by atoms with van der Waals surface area (Å²) in [5.74, 6) is 0.769. The average Bonchev–Trinajstić information content (AvgIpc) is 2.17. The van der Waals surface area contributed by atoms with Gasteiger partial charge < -0.3 is 5.32 Å². The van der Waals surface area contributed by atoms with Gasteiger partial charge in [-0.05, 0) is 45.3 Å². The van der Waals surface area contributed by atoms with Gasteiger partial charge in [0.2, 0.25) is 0 Å². The van der Waals surface area contributed by atoms with Crippen molar-refractivity contribution in [1.29, 1.82) is 0 Å². The molecule has 0 aliphatic carbocycles. The minimum absolute atomic E-state index is 0.769. The van der Waals surface area contributed by atoms with Crippen molar-refractivity contribution in [2.75, 3.05) is 32.7 Å². The van der Waals surface area contributed by atoms with Crippen LogP contribution >= 0.6 is 0 Å². The van der Waals surface area contributed by atoms with E-state index in [1.54, 1.807) is 0 Å². The van der Waals surface area contributed by atoms with Gasteiger partial charge >= 0.3 is 0 Å². The topological polar surface area (TPSA) is 15.3 Å². The third kappa shape index (κ3) is 5.95. The molecule has 1 N–H and O–H groups in total. The Bertz CT molecular complexity index is 197. The maximum atomic E-state index is 3.49. The summed E-state index contributed by atoms with van der Waals surface area (Å²) in [5, 5.41) is 3.49. The molecule has 0 aromatic carbocycles. The minimum atomic E-state index is 0.769. The summed E-state index contributed by atoms with van der Waals surface area (Å²) in [5.41, 5.74) is 1.54. The minimum Gasteiger partial charge on any atom is -0.316 e. The van der Waals surface area contributed by atoms with Crippen molar-refractivity contribution in [3.63, 3.8) is 0 Å². The Kier molecular flexibility index (Phi) is 5.96. The van der Waals surface area contributed by atoms with E-state index in [-0.39, 0.29) is 0 Å². The Labute approximate surface area is 94.7 Å². The summed E-state index contributed by atoms with van der Waals surface area (Å²) >= 11 is 0. The van der Waals surface area contributed by atoms with Crippen molar-refractivity contribution in [3.8, 4) is 0 Å². The SMILES string of the molecule is CC1=CCCN(CCCNCC(C)C)C1. The van der Waals surface area contributed by atoms with Crippen molar-refractivity contribution >= 4 is 0 Å². The van der Waals surface area contributed by atoms with Crippen LogP contribution in [0.2, 0.25) is 0 Å². The van der Waals surface area contributed by atoms with Crippen LogP contribution in [-0.4, -0.2) is 37.6 Å². The number of rotatable bonds is 6. The van der Waals surface area contributed by atoms with E-state index in [1.165, 1.54) is 38.0 Å². The summed E-state index contributed by atoms with van der Waals surface area (Å²) < 4.78 is 0. The second kappa shape index (κ2) is 7.02. The van der Waals surface area contributed by atoms with E-state index in [9.17, 15) is 0 Å². The highest BCUT2D eigenvalue weighted by Gasteiger charge is 2.08. The molecule has 0 saturated heterocycles. The fraction of sp³-hybridized carbons (Fsp3) is 0.846. The molecule has 0 atom stereocenters. The van der Waals surface area contributed by atoms with E-state index < -0.39 is 0 Å². The van der Waals surface area contributed by atoms with Crippen molar-refractivity contribution in [1.82, 2.24) is 10.2 Å². The van der Waals surface area contributed by atoms with Crippen LogP contribution in [0.4, 0.5) is 0 Å². The second-order valence-corrected chi connectivity index (χ2v) is 5.07. The van der Waals surface area contributed by atoms with E-state index in [1.807, 2.05) is 0 Å². The number of nitrogens with zero attached hydrogens (tertiary/aromatic N) is 1. The molecule has 0 radical (unpaired) electrons. The average molecular weight is 210 g/mol. The molecule has 2 nitrogen and oxygen atoms in total. The summed E-state index contributed by atoms with van der Waals surface area (Å²) in [6.45, 7) is 12.7. The fourth-order valence-electron chi connectivity index (χ4n) is 2.00. The molecule has 15 heavy (non-hydrogen) atoms. The van der Waals surface area contributed by atoms with Crippen LogP contribution in [0.5, 0.6) is 0 Å². The summed E-state index contributed by atoms with van der Waals surface area (Å²) in [4.78, 5) is 2.56. The lowest BCUT2D eigenvalue weighted by Gasteiger charge is -2.25. The van der Waals surface area contributed by atoms with E-state index in [4.69, 9.17) is 0 Å². The van der Waals surface area contributed by atoms with Crippen LogP contribution in [-0.2, 0) is 0 Å². The first-order valence-electron chi connectivity index (χ1n) is 6.27. The highest BCUT2D eigenvalue weighted by atomic mass is 15.1. The molecular formula is C13H26N2. The molecule has 0 saturated carbocycles. The first-order valence-corrected chi connectivity index (χ1v) is 6.27. The van der Waals surface area contributed by atoms with Gasteiger partial charge in [-0.1, -0.05) is 25.5 Å². The molecule has 0 aromatic heterocycles. The van der Waals surface area contributed by atoms with Gasteiger partial charge in [-0.3, -0.25) is 4.90 Å². The Morgan fingerprint density at radius 3 is 2.93 bits per heavy atom. The van der Waals surface area contributed by atoms with Crippen LogP contribution in [0, 0.1) is 5.92 Å². The van der Waals surface area contributed by atoms with Crippen molar-refractivity contribution in [2.24, 2.45) is 5.92 Å². The molecule has 0 unspecified atom stereocenters. The van der Waals surface area contributed by atoms with Crippen LogP contribution in [0.1, 0.15) is 33.6 Å². The first-order chi connectivity index (χ1) is 7.18. The van der Waals surface area contributed by atoms with Crippen molar-refractivity contribution in [2.45, 2.75) is 33.6 Å². The zero-order valence-corrected chi connectivity index (χ0v) is 10.6. The molecule has 0 aromatic rings. The lowest BCUT2D eigenvalue weighted by molar-refractivity contribution is 0.284. The molecular weight excluding hydrogens is 184 g/mol. The third-order valence-electron chi connectivity index (χ3n) is 2.79. The fourth-order valence-corrected chi connectivity index (χ4v) is 2.00. The normalized spacial score (nSPS) is 18.3. The van der Waals surface area contributed by atoms with E-state index >= 15 is 0 Å². The van der Waals surface area contributed by atoms with Crippen molar-refractivity contribution in [3.05, 3.63) is 11.6 Å². The second-order valence-electron chi connectivity index (χ2n) is 5.07. The summed E-state index contributed by atoms with van der Waals surface area (Å²) in [6.07, 6.45) is 4.89. The van der Waals surface area contributed by atoms with Crippen LogP contribution in [0.25, 0.3) is 0 Å². The predicted molar refractivity (Wildman–Crippen MR) is 67.1 cm³/mol. The molecule has 0 spiro atoms. The third-order valence-corrected chi connectivity index (χ3v) is 2.79. The van der Waals surface area contributed by atoms with Crippen LogP contribution in [0.3, 0.4) is 0 Å². The highest BCUT2D eigenvalue weighted by molar-refractivity contribution is 5.04. The summed E-state index contributed by atoms with van der Waals surface area (Å²) in [7, 11) is 0. The lowest BCUT2D eigenvalue weighted by Crippen LogP contribution is -2.32. The van der Waals surface area contributed by atoms with Crippen molar-refractivity contribution < 1.29 is 0 Å². The molecule has 1 aliphatic rings. The van der Waals surface area contributed by atoms with Gasteiger partial charge in [-0.15, -0.1) is 0 Å². The van der Waals surface area contributed by atoms with E-state index in [0.717, 1.165) is 19.0 Å². The Morgan fingerprint density at radius 1 is 1.47 bits per heavy atom. The Hall–Kier alpha value is -0.340. The molecule has 1 heterocycles. The van der Waals surface area contributed by atoms with Gasteiger partial charge in [-0.25, -0.2) is 0 Å². The van der Waals surface area contributed by atoms with Crippen LogP contribution in [0.15, 0.2) is 11.6 Å². The number of hydrogen-bond acceptors (Lipinski definition) is 2. The van der Waals surface area contributed by atoms with E-state index in [0.29, 0.717) is 0 Å². The van der Waals surface area contributed by atoms with Gasteiger partial charge in [0.15, 0.2) is 0 Å². The first kappa shape index (κ1) is 12.7. The largest absolute Gasteiger partial charge is 0.316 e. The maximum Gasteiger partial charge on any atom is 0.0190 e. The van der Waals surface area contributed by atoms with Gasteiger partial charge in [0.1, 0.15) is 0 Å². The number of hydrogen-bond donors (Lipinski definition) is 1. The monoisotopic (exact) mass is 210 g/mol. The molecule has 1 aliphatic heterocycles. The van der Waals surface area contributed by atoms with Crippen LogP contribution < -0.4 is 5.32 Å². The maximum absolute atomic E-state index is 3.49. The van der Waals surface area contributed by atoms with Gasteiger partial charge in [0.25, 0.3) is 0 Å². The predicted octanol–water partition coefficient (Wildman–Crippen LogP) is 2.27. The lowest BCUT2D eigenvalue weighted by atomic mass is 10.1. The zero-order chi connectivity index (χ0) is 11.1. The standard InChI is InChI=1S/C13H26N2/c1-12(2)10-14-7-5-9-15-8-4-6-13(3)11-15/h6,12,14H,4-5,7-11H2,1-3H3. The molecule has 1 rings (SSSR count). The molecule has 2 heteroatoms. The number of nitrogens with one attached hydrogen (secondary N) is 1. The molecule has 88 valence electrons. The van der Waals surface area contributed by atoms with Gasteiger partial charge in [0, 0.05) is 13.1 Å². The van der Waals surface area contributed by atoms with Gasteiger partial charge in [0.05, 0.1) is 0 Å². The Morgan fingerprint density at radius 2 is 2.27 bits per heavy atom. The van der Waals surface area contributed by atoms with E-state index in [2.05, 4.69) is 37.1 Å². The molecule has 0 amide bonds.